The van der Waals surface area contributed by atoms with E-state index in [9.17, 15) is 9.90 Å². The van der Waals surface area contributed by atoms with Gasteiger partial charge in [0, 0.05) is 11.6 Å². The van der Waals surface area contributed by atoms with E-state index in [0.717, 1.165) is 17.1 Å². The van der Waals surface area contributed by atoms with Crippen molar-refractivity contribution in [2.24, 2.45) is 5.92 Å². The number of imidazole rings is 1. The summed E-state index contributed by atoms with van der Waals surface area (Å²) in [4.78, 5) is 22.1. The predicted octanol–water partition coefficient (Wildman–Crippen LogP) is 3.13. The molecule has 1 amide bonds. The number of carbonyl (C=O) groups excluding carboxylic acids is 1. The molecular weight excluding hydrogens is 326 g/mol. The zero-order valence-corrected chi connectivity index (χ0v) is 15.0. The molecular formula is C18H24ClN3O2. The third-order valence-electron chi connectivity index (χ3n) is 3.96. The van der Waals surface area contributed by atoms with Gasteiger partial charge in [-0.05, 0) is 30.5 Å². The number of nitrogens with zero attached hydrogens (tertiary/aromatic N) is 2. The van der Waals surface area contributed by atoms with Gasteiger partial charge in [-0.25, -0.2) is 4.98 Å². The number of benzene rings is 1. The van der Waals surface area contributed by atoms with Gasteiger partial charge in [0.05, 0.1) is 31.0 Å². The number of aliphatic hydroxyl groups excluding tert-OH is 1. The van der Waals surface area contributed by atoms with Gasteiger partial charge in [-0.2, -0.15) is 0 Å². The van der Waals surface area contributed by atoms with E-state index in [1.165, 1.54) is 0 Å². The summed E-state index contributed by atoms with van der Waals surface area (Å²) in [7, 11) is 0. The predicted molar refractivity (Wildman–Crippen MR) is 94.9 cm³/mol. The molecule has 2 aromatic rings. The Bertz CT molecular complexity index is 667. The van der Waals surface area contributed by atoms with Crippen LogP contribution in [-0.2, 0) is 11.3 Å². The lowest BCUT2D eigenvalue weighted by Gasteiger charge is -2.29. The summed E-state index contributed by atoms with van der Waals surface area (Å²) >= 11 is 5.96. The molecule has 0 fully saturated rings. The van der Waals surface area contributed by atoms with Crippen molar-refractivity contribution in [2.75, 3.05) is 13.2 Å². The zero-order chi connectivity index (χ0) is 17.7. The fraction of sp³-hybridized carbons (Fsp3) is 0.444. The number of hydrogen-bond acceptors (Lipinski definition) is 3. The van der Waals surface area contributed by atoms with Crippen LogP contribution in [0.1, 0.15) is 36.8 Å². The van der Waals surface area contributed by atoms with Crippen molar-refractivity contribution in [3.8, 4) is 0 Å². The number of aromatic amines is 1. The molecule has 5 nitrogen and oxygen atoms in total. The summed E-state index contributed by atoms with van der Waals surface area (Å²) in [5.74, 6) is 0.648. The van der Waals surface area contributed by atoms with Gasteiger partial charge in [0.25, 0.3) is 0 Å². The molecule has 1 aromatic carbocycles. The van der Waals surface area contributed by atoms with Gasteiger partial charge in [0.2, 0.25) is 5.91 Å². The van der Waals surface area contributed by atoms with Crippen LogP contribution >= 0.6 is 11.6 Å². The lowest BCUT2D eigenvalue weighted by molar-refractivity contribution is -0.135. The van der Waals surface area contributed by atoms with Crippen molar-refractivity contribution in [2.45, 2.75) is 33.2 Å². The first-order valence-electron chi connectivity index (χ1n) is 8.08. The molecule has 0 saturated heterocycles. The number of rotatable bonds is 7. The van der Waals surface area contributed by atoms with Gasteiger partial charge in [-0.15, -0.1) is 0 Å². The van der Waals surface area contributed by atoms with Crippen LogP contribution in [0.2, 0.25) is 5.02 Å². The highest BCUT2D eigenvalue weighted by atomic mass is 35.5. The molecule has 6 heteroatoms. The van der Waals surface area contributed by atoms with Crippen LogP contribution in [0.4, 0.5) is 0 Å². The highest BCUT2D eigenvalue weighted by Crippen LogP contribution is 2.28. The summed E-state index contributed by atoms with van der Waals surface area (Å²) in [6.45, 7) is 6.52. The van der Waals surface area contributed by atoms with E-state index in [1.54, 1.807) is 23.2 Å². The van der Waals surface area contributed by atoms with E-state index < -0.39 is 0 Å². The van der Waals surface area contributed by atoms with E-state index in [4.69, 9.17) is 11.6 Å². The second-order valence-corrected chi connectivity index (χ2v) is 6.69. The molecule has 1 atom stereocenters. The van der Waals surface area contributed by atoms with Crippen LogP contribution in [-0.4, -0.2) is 39.0 Å². The van der Waals surface area contributed by atoms with Crippen LogP contribution in [0.3, 0.4) is 0 Å². The van der Waals surface area contributed by atoms with Crippen molar-refractivity contribution in [3.05, 3.63) is 52.6 Å². The number of nitrogens with one attached hydrogen (secondary N) is 1. The molecule has 2 rings (SSSR count). The standard InChI is InChI=1S/C18H24ClN3O2/c1-12(2)17(14-4-6-15(19)7-5-14)18(24)22(8-9-23)11-16-10-20-13(3)21-16/h4-7,10,12,17,23H,8-9,11H2,1-3H3,(H,20,21). The highest BCUT2D eigenvalue weighted by molar-refractivity contribution is 6.30. The van der Waals surface area contributed by atoms with Crippen molar-refractivity contribution in [1.29, 1.82) is 0 Å². The SMILES string of the molecule is Cc1ncc(CN(CCO)C(=O)C(c2ccc(Cl)cc2)C(C)C)[nH]1. The molecule has 0 aliphatic heterocycles. The van der Waals surface area contributed by atoms with Crippen molar-refractivity contribution < 1.29 is 9.90 Å². The van der Waals surface area contributed by atoms with Crippen LogP contribution in [0.25, 0.3) is 0 Å². The van der Waals surface area contributed by atoms with Crippen LogP contribution in [0.5, 0.6) is 0 Å². The van der Waals surface area contributed by atoms with Gasteiger partial charge in [0.1, 0.15) is 5.82 Å². The normalized spacial score (nSPS) is 12.4. The number of aromatic nitrogens is 2. The molecule has 130 valence electrons. The van der Waals surface area contributed by atoms with Crippen LogP contribution < -0.4 is 0 Å². The number of amides is 1. The lowest BCUT2D eigenvalue weighted by atomic mass is 9.87. The molecule has 0 bridgehead atoms. The quantitative estimate of drug-likeness (QED) is 0.806. The van der Waals surface area contributed by atoms with Gasteiger partial charge in [0.15, 0.2) is 0 Å². The van der Waals surface area contributed by atoms with Gasteiger partial charge >= 0.3 is 0 Å². The van der Waals surface area contributed by atoms with Crippen LogP contribution in [0, 0.1) is 12.8 Å². The molecule has 1 unspecified atom stereocenters. The fourth-order valence-electron chi connectivity index (χ4n) is 2.82. The minimum absolute atomic E-state index is 0.00590. The lowest BCUT2D eigenvalue weighted by Crippen LogP contribution is -2.38. The van der Waals surface area contributed by atoms with Crippen molar-refractivity contribution in [1.82, 2.24) is 14.9 Å². The largest absolute Gasteiger partial charge is 0.395 e. The maximum atomic E-state index is 13.1. The van der Waals surface area contributed by atoms with Gasteiger partial charge in [-0.1, -0.05) is 37.6 Å². The number of aryl methyl sites for hydroxylation is 1. The van der Waals surface area contributed by atoms with E-state index >= 15 is 0 Å². The maximum Gasteiger partial charge on any atom is 0.230 e. The Kier molecular flexibility index (Phi) is 6.40. The summed E-state index contributed by atoms with van der Waals surface area (Å²) in [5, 5.41) is 10.0. The second-order valence-electron chi connectivity index (χ2n) is 6.25. The molecule has 24 heavy (non-hydrogen) atoms. The number of hydrogen-bond donors (Lipinski definition) is 2. The Morgan fingerprint density at radius 3 is 2.50 bits per heavy atom. The van der Waals surface area contributed by atoms with Crippen LogP contribution in [0.15, 0.2) is 30.5 Å². The monoisotopic (exact) mass is 349 g/mol. The Hall–Kier alpha value is -1.85. The molecule has 2 N–H and O–H groups in total. The Labute approximate surface area is 147 Å². The third-order valence-corrected chi connectivity index (χ3v) is 4.21. The van der Waals surface area contributed by atoms with E-state index in [0.29, 0.717) is 11.6 Å². The first-order valence-corrected chi connectivity index (χ1v) is 8.45. The molecule has 0 aliphatic rings. The smallest absolute Gasteiger partial charge is 0.230 e. The third kappa shape index (κ3) is 4.58. The fourth-order valence-corrected chi connectivity index (χ4v) is 2.95. The number of aliphatic hydroxyl groups is 1. The van der Waals surface area contributed by atoms with Gasteiger partial charge in [-0.3, -0.25) is 4.79 Å². The summed E-state index contributed by atoms with van der Waals surface area (Å²) in [5.41, 5.74) is 1.79. The second kappa shape index (κ2) is 8.31. The van der Waals surface area contributed by atoms with Crippen molar-refractivity contribution in [3.63, 3.8) is 0 Å². The molecule has 0 saturated carbocycles. The number of H-pyrrole nitrogens is 1. The maximum absolute atomic E-state index is 13.1. The Morgan fingerprint density at radius 1 is 1.33 bits per heavy atom. The number of carbonyl (C=O) groups is 1. The van der Waals surface area contributed by atoms with Gasteiger partial charge < -0.3 is 15.0 Å². The van der Waals surface area contributed by atoms with E-state index in [2.05, 4.69) is 9.97 Å². The summed E-state index contributed by atoms with van der Waals surface area (Å²) < 4.78 is 0. The first-order chi connectivity index (χ1) is 11.4. The summed E-state index contributed by atoms with van der Waals surface area (Å²) in [6.07, 6.45) is 1.72. The van der Waals surface area contributed by atoms with E-state index in [-0.39, 0.29) is 30.9 Å². The molecule has 0 aliphatic carbocycles. The highest BCUT2D eigenvalue weighted by Gasteiger charge is 2.28. The minimum Gasteiger partial charge on any atom is -0.395 e. The average molecular weight is 350 g/mol. The summed E-state index contributed by atoms with van der Waals surface area (Å²) in [6, 6.07) is 7.38. The average Bonchev–Trinajstić information content (AvgIpc) is 2.94. The number of halogens is 1. The molecule has 0 radical (unpaired) electrons. The molecule has 1 aromatic heterocycles. The van der Waals surface area contributed by atoms with Crippen molar-refractivity contribution >= 4 is 17.5 Å². The molecule has 0 spiro atoms. The van der Waals surface area contributed by atoms with E-state index in [1.807, 2.05) is 32.9 Å². The first kappa shape index (κ1) is 18.5. The Morgan fingerprint density at radius 2 is 2.00 bits per heavy atom. The minimum atomic E-state index is -0.280. The zero-order valence-electron chi connectivity index (χ0n) is 14.3. The topological polar surface area (TPSA) is 69.2 Å². The Balaban J connectivity index is 2.25. The molecule has 1 heterocycles.